The molecule has 1 N–H and O–H groups in total. The second-order valence-electron chi connectivity index (χ2n) is 8.37. The van der Waals surface area contributed by atoms with Gasteiger partial charge in [0.2, 0.25) is 11.8 Å². The van der Waals surface area contributed by atoms with Gasteiger partial charge in [-0.1, -0.05) is 53.5 Å². The van der Waals surface area contributed by atoms with Gasteiger partial charge in [0, 0.05) is 18.1 Å². The lowest BCUT2D eigenvalue weighted by atomic mass is 10.1. The van der Waals surface area contributed by atoms with Crippen LogP contribution in [0.2, 0.25) is 10.0 Å². The first-order valence-electron chi connectivity index (χ1n) is 11.8. The Morgan fingerprint density at radius 1 is 1.00 bits per heavy atom. The van der Waals surface area contributed by atoms with Crippen molar-refractivity contribution in [2.24, 2.45) is 0 Å². The van der Waals surface area contributed by atoms with Gasteiger partial charge in [-0.3, -0.25) is 13.9 Å². The van der Waals surface area contributed by atoms with E-state index in [1.165, 1.54) is 42.3 Å². The van der Waals surface area contributed by atoms with E-state index < -0.39 is 28.5 Å². The van der Waals surface area contributed by atoms with E-state index in [2.05, 4.69) is 5.32 Å². The molecule has 3 rings (SSSR count). The van der Waals surface area contributed by atoms with Gasteiger partial charge in [-0.25, -0.2) is 8.42 Å². The maximum absolute atomic E-state index is 13.8. The number of carbonyl (C=O) groups excluding carboxylic acids is 2. The highest BCUT2D eigenvalue weighted by Crippen LogP contribution is 2.32. The van der Waals surface area contributed by atoms with Gasteiger partial charge in [0.15, 0.2) is 0 Å². The fraction of sp³-hybridized carbons (Fsp3) is 0.259. The number of anilines is 1. The highest BCUT2D eigenvalue weighted by molar-refractivity contribution is 7.92. The Labute approximate surface area is 233 Å². The average molecular weight is 579 g/mol. The van der Waals surface area contributed by atoms with Crippen molar-refractivity contribution in [3.05, 3.63) is 88.4 Å². The van der Waals surface area contributed by atoms with E-state index in [1.807, 2.05) is 0 Å². The molecular formula is C27H29Cl2N3O5S. The normalized spacial score (nSPS) is 11.9. The quantitative estimate of drug-likeness (QED) is 0.354. The molecule has 0 spiro atoms. The number of carbonyl (C=O) groups is 2. The number of rotatable bonds is 11. The van der Waals surface area contributed by atoms with Crippen molar-refractivity contribution in [3.8, 4) is 5.75 Å². The van der Waals surface area contributed by atoms with Gasteiger partial charge in [-0.15, -0.1) is 0 Å². The van der Waals surface area contributed by atoms with Crippen molar-refractivity contribution in [2.75, 3.05) is 24.5 Å². The zero-order valence-corrected chi connectivity index (χ0v) is 23.6. The number of hydrogen-bond donors (Lipinski definition) is 1. The van der Waals surface area contributed by atoms with E-state index in [1.54, 1.807) is 56.3 Å². The van der Waals surface area contributed by atoms with Crippen LogP contribution in [-0.2, 0) is 26.2 Å². The number of likely N-dealkylation sites (N-methyl/N-ethyl adjacent to an activating group) is 1. The molecule has 3 aromatic rings. The Morgan fingerprint density at radius 3 is 2.32 bits per heavy atom. The molecular weight excluding hydrogens is 549 g/mol. The summed E-state index contributed by atoms with van der Waals surface area (Å²) in [6, 6.07) is 18.2. The summed E-state index contributed by atoms with van der Waals surface area (Å²) in [6.45, 7) is 3.20. The largest absolute Gasteiger partial charge is 0.495 e. The van der Waals surface area contributed by atoms with E-state index in [0.29, 0.717) is 22.9 Å². The predicted molar refractivity (Wildman–Crippen MR) is 149 cm³/mol. The summed E-state index contributed by atoms with van der Waals surface area (Å²) in [5.74, 6) is -0.603. The van der Waals surface area contributed by atoms with Crippen molar-refractivity contribution in [1.82, 2.24) is 10.2 Å². The monoisotopic (exact) mass is 577 g/mol. The first kappa shape index (κ1) is 29.3. The summed E-state index contributed by atoms with van der Waals surface area (Å²) in [5.41, 5.74) is 0.855. The van der Waals surface area contributed by atoms with Crippen molar-refractivity contribution in [3.63, 3.8) is 0 Å². The van der Waals surface area contributed by atoms with Crippen LogP contribution in [0.1, 0.15) is 19.4 Å². The summed E-state index contributed by atoms with van der Waals surface area (Å²) < 4.78 is 33.7. The topological polar surface area (TPSA) is 96.0 Å². The van der Waals surface area contributed by atoms with Crippen LogP contribution in [0.5, 0.6) is 5.75 Å². The lowest BCUT2D eigenvalue weighted by molar-refractivity contribution is -0.139. The second kappa shape index (κ2) is 13.0. The molecule has 0 aromatic heterocycles. The summed E-state index contributed by atoms with van der Waals surface area (Å²) >= 11 is 12.4. The summed E-state index contributed by atoms with van der Waals surface area (Å²) in [5, 5.41) is 3.37. The molecule has 0 aliphatic rings. The second-order valence-corrected chi connectivity index (χ2v) is 11.1. The number of ether oxygens (including phenoxy) is 1. The molecule has 2 amide bonds. The Bertz CT molecular complexity index is 1390. The van der Waals surface area contributed by atoms with Crippen molar-refractivity contribution in [2.45, 2.75) is 31.3 Å². The maximum atomic E-state index is 13.8. The fourth-order valence-corrected chi connectivity index (χ4v) is 5.69. The van der Waals surface area contributed by atoms with Gasteiger partial charge in [-0.05, 0) is 61.9 Å². The first-order chi connectivity index (χ1) is 18.1. The van der Waals surface area contributed by atoms with Gasteiger partial charge in [0.1, 0.15) is 18.3 Å². The molecule has 0 unspecified atom stereocenters. The molecule has 11 heteroatoms. The molecule has 3 aromatic carbocycles. The molecule has 1 atom stereocenters. The Balaban J connectivity index is 2.05. The van der Waals surface area contributed by atoms with Gasteiger partial charge in [0.05, 0.1) is 22.7 Å². The van der Waals surface area contributed by atoms with Crippen LogP contribution in [0, 0.1) is 0 Å². The Hall–Kier alpha value is -3.27. The van der Waals surface area contributed by atoms with Crippen LogP contribution in [0.15, 0.2) is 77.7 Å². The zero-order chi connectivity index (χ0) is 27.9. The molecule has 0 heterocycles. The smallest absolute Gasteiger partial charge is 0.264 e. The highest BCUT2D eigenvalue weighted by Gasteiger charge is 2.32. The summed E-state index contributed by atoms with van der Waals surface area (Å²) in [7, 11) is -2.75. The molecule has 8 nitrogen and oxygen atoms in total. The maximum Gasteiger partial charge on any atom is 0.264 e. The van der Waals surface area contributed by atoms with Crippen molar-refractivity contribution in [1.29, 1.82) is 0 Å². The van der Waals surface area contributed by atoms with Crippen LogP contribution in [0.4, 0.5) is 5.69 Å². The third-order valence-electron chi connectivity index (χ3n) is 5.79. The highest BCUT2D eigenvalue weighted by atomic mass is 35.5. The van der Waals surface area contributed by atoms with Gasteiger partial charge < -0.3 is 15.0 Å². The number of nitrogens with one attached hydrogen (secondary N) is 1. The number of benzene rings is 3. The van der Waals surface area contributed by atoms with E-state index in [-0.39, 0.29) is 28.1 Å². The first-order valence-corrected chi connectivity index (χ1v) is 14.0. The fourth-order valence-electron chi connectivity index (χ4n) is 3.80. The third kappa shape index (κ3) is 6.98. The van der Waals surface area contributed by atoms with E-state index >= 15 is 0 Å². The molecule has 38 heavy (non-hydrogen) atoms. The van der Waals surface area contributed by atoms with Crippen LogP contribution in [0.3, 0.4) is 0 Å². The Morgan fingerprint density at radius 2 is 1.71 bits per heavy atom. The van der Waals surface area contributed by atoms with Gasteiger partial charge >= 0.3 is 0 Å². The van der Waals surface area contributed by atoms with Crippen molar-refractivity contribution < 1.29 is 22.7 Å². The number of nitrogens with zero attached hydrogens (tertiary/aromatic N) is 2. The van der Waals surface area contributed by atoms with Gasteiger partial charge in [-0.2, -0.15) is 0 Å². The minimum atomic E-state index is -4.19. The van der Waals surface area contributed by atoms with Crippen LogP contribution in [0.25, 0.3) is 0 Å². The predicted octanol–water partition coefficient (Wildman–Crippen LogP) is 4.75. The van der Waals surface area contributed by atoms with E-state index in [0.717, 1.165) is 4.31 Å². The molecule has 0 bridgehead atoms. The van der Waals surface area contributed by atoms with Crippen LogP contribution < -0.4 is 14.4 Å². The van der Waals surface area contributed by atoms with Crippen LogP contribution in [-0.4, -0.2) is 51.4 Å². The number of amides is 2. The minimum absolute atomic E-state index is 0.00194. The standard InChI is InChI=1S/C27H29Cl2N3O5S/c1-4-30-27(34)19(2)31(17-20-9-8-10-21(28)15-20)26(33)18-32(22-13-14-25(37-3)24(29)16-22)38(35,36)23-11-6-5-7-12-23/h5-16,19H,4,17-18H2,1-3H3,(H,30,34)/t19-/m1/s1. The number of sulfonamides is 1. The average Bonchev–Trinajstić information content (AvgIpc) is 2.90. The zero-order valence-electron chi connectivity index (χ0n) is 21.2. The third-order valence-corrected chi connectivity index (χ3v) is 8.11. The molecule has 0 saturated carbocycles. The number of hydrogen-bond acceptors (Lipinski definition) is 5. The summed E-state index contributed by atoms with van der Waals surface area (Å²) in [6.07, 6.45) is 0. The molecule has 0 saturated heterocycles. The summed E-state index contributed by atoms with van der Waals surface area (Å²) in [4.78, 5) is 27.9. The lowest BCUT2D eigenvalue weighted by Crippen LogP contribution is -2.51. The van der Waals surface area contributed by atoms with Gasteiger partial charge in [0.25, 0.3) is 10.0 Å². The SMILES string of the molecule is CCNC(=O)[C@@H](C)N(Cc1cccc(Cl)c1)C(=O)CN(c1ccc(OC)c(Cl)c1)S(=O)(=O)c1ccccc1. The Kier molecular flexibility index (Phi) is 10.0. The molecule has 0 aliphatic heterocycles. The molecule has 202 valence electrons. The van der Waals surface area contributed by atoms with Crippen molar-refractivity contribution >= 4 is 50.7 Å². The minimum Gasteiger partial charge on any atom is -0.495 e. The lowest BCUT2D eigenvalue weighted by Gasteiger charge is -2.32. The molecule has 0 fully saturated rings. The molecule has 0 radical (unpaired) electrons. The number of methoxy groups -OCH3 is 1. The molecule has 0 aliphatic carbocycles. The van der Waals surface area contributed by atoms with Crippen LogP contribution >= 0.6 is 23.2 Å². The van der Waals surface area contributed by atoms with E-state index in [4.69, 9.17) is 27.9 Å². The van der Waals surface area contributed by atoms with E-state index in [9.17, 15) is 18.0 Å². The number of halogens is 2.